The van der Waals surface area contributed by atoms with Crippen LogP contribution in [0, 0.1) is 5.82 Å². The van der Waals surface area contributed by atoms with Gasteiger partial charge in [-0.2, -0.15) is 0 Å². The lowest BCUT2D eigenvalue weighted by molar-refractivity contribution is 0.276. The van der Waals surface area contributed by atoms with E-state index < -0.39 is 0 Å². The number of hydrogen-bond donors (Lipinski definition) is 1. The van der Waals surface area contributed by atoms with Gasteiger partial charge >= 0.3 is 0 Å². The molecule has 16 heavy (non-hydrogen) atoms. The molecule has 3 heteroatoms. The quantitative estimate of drug-likeness (QED) is 0.592. The molecular weight excluding hydrogens is 205 g/mol. The van der Waals surface area contributed by atoms with Crippen LogP contribution in [0.4, 0.5) is 10.1 Å². The van der Waals surface area contributed by atoms with Crippen LogP contribution in [0.1, 0.15) is 18.4 Å². The number of aliphatic hydroxyl groups is 1. The Bertz CT molecular complexity index is 352. The van der Waals surface area contributed by atoms with Crippen LogP contribution < -0.4 is 4.90 Å². The first kappa shape index (κ1) is 12.7. The molecule has 0 saturated heterocycles. The molecule has 0 bridgehead atoms. The molecule has 0 aromatic heterocycles. The zero-order valence-electron chi connectivity index (χ0n) is 9.62. The van der Waals surface area contributed by atoms with Crippen LogP contribution in [0.5, 0.6) is 0 Å². The van der Waals surface area contributed by atoms with E-state index in [1.165, 1.54) is 6.07 Å². The van der Waals surface area contributed by atoms with Gasteiger partial charge in [-0.15, -0.1) is 6.58 Å². The maximum Gasteiger partial charge on any atom is 0.130 e. The molecule has 0 atom stereocenters. The molecule has 0 spiro atoms. The Morgan fingerprint density at radius 1 is 1.50 bits per heavy atom. The lowest BCUT2D eigenvalue weighted by Gasteiger charge is -2.21. The van der Waals surface area contributed by atoms with Gasteiger partial charge in [0.05, 0.1) is 6.61 Å². The molecule has 0 fully saturated rings. The lowest BCUT2D eigenvalue weighted by Crippen LogP contribution is -2.20. The molecule has 88 valence electrons. The maximum absolute atomic E-state index is 13.4. The summed E-state index contributed by atoms with van der Waals surface area (Å²) < 4.78 is 13.4. The summed E-state index contributed by atoms with van der Waals surface area (Å²) in [6, 6.07) is 4.85. The first-order chi connectivity index (χ1) is 7.70. The van der Waals surface area contributed by atoms with Crippen molar-refractivity contribution in [2.45, 2.75) is 19.4 Å². The fourth-order valence-corrected chi connectivity index (χ4v) is 1.65. The normalized spacial score (nSPS) is 10.2. The van der Waals surface area contributed by atoms with Crippen molar-refractivity contribution >= 4 is 5.69 Å². The van der Waals surface area contributed by atoms with Crippen molar-refractivity contribution in [1.29, 1.82) is 0 Å². The number of anilines is 1. The van der Waals surface area contributed by atoms with E-state index in [1.54, 1.807) is 6.07 Å². The van der Waals surface area contributed by atoms with Gasteiger partial charge in [0.1, 0.15) is 5.82 Å². The Morgan fingerprint density at radius 2 is 2.25 bits per heavy atom. The van der Waals surface area contributed by atoms with Crippen molar-refractivity contribution in [2.75, 3.05) is 18.5 Å². The number of nitrogens with zero attached hydrogens (tertiary/aromatic N) is 1. The molecule has 2 nitrogen and oxygen atoms in total. The summed E-state index contributed by atoms with van der Waals surface area (Å²) in [5.41, 5.74) is 1.12. The Morgan fingerprint density at radius 3 is 2.88 bits per heavy atom. The van der Waals surface area contributed by atoms with Crippen molar-refractivity contribution < 1.29 is 9.50 Å². The van der Waals surface area contributed by atoms with E-state index in [2.05, 4.69) is 6.58 Å². The second-order valence-electron chi connectivity index (χ2n) is 3.75. The highest BCUT2D eigenvalue weighted by Crippen LogP contribution is 2.22. The number of allylic oxidation sites excluding steroid dienone is 1. The minimum atomic E-state index is -0.351. The van der Waals surface area contributed by atoms with Gasteiger partial charge in [-0.1, -0.05) is 12.1 Å². The van der Waals surface area contributed by atoms with Crippen molar-refractivity contribution in [1.82, 2.24) is 0 Å². The fourth-order valence-electron chi connectivity index (χ4n) is 1.65. The number of unbranched alkanes of at least 4 members (excludes halogenated alkanes) is 1. The van der Waals surface area contributed by atoms with Crippen LogP contribution >= 0.6 is 0 Å². The molecule has 0 unspecified atom stereocenters. The highest BCUT2D eigenvalue weighted by Gasteiger charge is 2.10. The summed E-state index contributed by atoms with van der Waals surface area (Å²) in [4.78, 5) is 1.96. The molecule has 0 heterocycles. The van der Waals surface area contributed by atoms with Gasteiger partial charge in [-0.25, -0.2) is 4.39 Å². The maximum atomic E-state index is 13.4. The lowest BCUT2D eigenvalue weighted by atomic mass is 10.1. The second-order valence-corrected chi connectivity index (χ2v) is 3.75. The monoisotopic (exact) mass is 223 g/mol. The largest absolute Gasteiger partial charge is 0.391 e. The SMILES string of the molecule is C=CCCCN(C)c1cccc(F)c1CO. The molecule has 0 amide bonds. The molecule has 0 aliphatic rings. The van der Waals surface area contributed by atoms with Gasteiger partial charge in [-0.3, -0.25) is 0 Å². The zero-order valence-corrected chi connectivity index (χ0v) is 9.62. The van der Waals surface area contributed by atoms with Crippen LogP contribution in [0.25, 0.3) is 0 Å². The third kappa shape index (κ3) is 3.07. The van der Waals surface area contributed by atoms with E-state index in [-0.39, 0.29) is 12.4 Å². The Balaban J connectivity index is 2.77. The van der Waals surface area contributed by atoms with E-state index in [4.69, 9.17) is 5.11 Å². The van der Waals surface area contributed by atoms with Crippen LogP contribution in [-0.4, -0.2) is 18.7 Å². The molecule has 1 aromatic rings. The predicted molar refractivity (Wildman–Crippen MR) is 65.0 cm³/mol. The Hall–Kier alpha value is -1.35. The summed E-state index contributed by atoms with van der Waals surface area (Å²) in [5, 5.41) is 9.14. The van der Waals surface area contributed by atoms with Gasteiger partial charge in [-0.05, 0) is 25.0 Å². The minimum Gasteiger partial charge on any atom is -0.391 e. The highest BCUT2D eigenvalue weighted by molar-refractivity contribution is 5.53. The van der Waals surface area contributed by atoms with Gasteiger partial charge < -0.3 is 10.0 Å². The van der Waals surface area contributed by atoms with Crippen molar-refractivity contribution in [3.05, 3.63) is 42.2 Å². The molecular formula is C13H18FNO. The second kappa shape index (κ2) is 6.28. The first-order valence-electron chi connectivity index (χ1n) is 5.41. The third-order valence-electron chi connectivity index (χ3n) is 2.57. The molecule has 1 aromatic carbocycles. The fraction of sp³-hybridized carbons (Fsp3) is 0.385. The molecule has 0 radical (unpaired) electrons. The van der Waals surface area contributed by atoms with Crippen LogP contribution in [-0.2, 0) is 6.61 Å². The number of benzene rings is 1. The Labute approximate surface area is 96.0 Å². The zero-order chi connectivity index (χ0) is 12.0. The molecule has 1 N–H and O–H groups in total. The highest BCUT2D eigenvalue weighted by atomic mass is 19.1. The molecule has 1 rings (SSSR count). The summed E-state index contributed by atoms with van der Waals surface area (Å²) in [5.74, 6) is -0.351. The average Bonchev–Trinajstić information content (AvgIpc) is 2.29. The first-order valence-corrected chi connectivity index (χ1v) is 5.41. The molecule has 0 saturated carbocycles. The van der Waals surface area contributed by atoms with Crippen LogP contribution in [0.2, 0.25) is 0 Å². The summed E-state index contributed by atoms with van der Waals surface area (Å²) in [6.07, 6.45) is 3.78. The summed E-state index contributed by atoms with van der Waals surface area (Å²) in [7, 11) is 1.90. The number of rotatable bonds is 6. The topological polar surface area (TPSA) is 23.5 Å². The van der Waals surface area contributed by atoms with E-state index in [0.717, 1.165) is 25.1 Å². The van der Waals surface area contributed by atoms with E-state index in [1.807, 2.05) is 24.1 Å². The molecule has 0 aliphatic carbocycles. The number of aliphatic hydroxyl groups excluding tert-OH is 1. The van der Waals surface area contributed by atoms with E-state index in [0.29, 0.717) is 5.56 Å². The average molecular weight is 223 g/mol. The predicted octanol–water partition coefficient (Wildman–Crippen LogP) is 2.72. The standard InChI is InChI=1S/C13H18FNO/c1-3-4-5-9-15(2)13-8-6-7-12(14)11(13)10-16/h3,6-8,16H,1,4-5,9-10H2,2H3. The van der Waals surface area contributed by atoms with Crippen molar-refractivity contribution in [3.8, 4) is 0 Å². The van der Waals surface area contributed by atoms with Crippen LogP contribution in [0.15, 0.2) is 30.9 Å². The van der Waals surface area contributed by atoms with E-state index >= 15 is 0 Å². The summed E-state index contributed by atoms with van der Waals surface area (Å²) >= 11 is 0. The van der Waals surface area contributed by atoms with Crippen molar-refractivity contribution in [2.24, 2.45) is 0 Å². The third-order valence-corrected chi connectivity index (χ3v) is 2.57. The number of hydrogen-bond acceptors (Lipinski definition) is 2. The van der Waals surface area contributed by atoms with Gasteiger partial charge in [0, 0.05) is 24.8 Å². The van der Waals surface area contributed by atoms with Gasteiger partial charge in [0.15, 0.2) is 0 Å². The van der Waals surface area contributed by atoms with Gasteiger partial charge in [0.2, 0.25) is 0 Å². The summed E-state index contributed by atoms with van der Waals surface area (Å²) in [6.45, 7) is 4.21. The smallest absolute Gasteiger partial charge is 0.130 e. The van der Waals surface area contributed by atoms with E-state index in [9.17, 15) is 4.39 Å². The Kier molecular flexibility index (Phi) is 4.99. The minimum absolute atomic E-state index is 0.270. The molecule has 0 aliphatic heterocycles. The van der Waals surface area contributed by atoms with Crippen LogP contribution in [0.3, 0.4) is 0 Å². The number of halogens is 1. The van der Waals surface area contributed by atoms with Gasteiger partial charge in [0.25, 0.3) is 0 Å². The van der Waals surface area contributed by atoms with Crippen molar-refractivity contribution in [3.63, 3.8) is 0 Å².